The van der Waals surface area contributed by atoms with Gasteiger partial charge in [-0.25, -0.2) is 4.79 Å². The summed E-state index contributed by atoms with van der Waals surface area (Å²) in [6, 6.07) is -0.675. The minimum atomic E-state index is -0.939. The van der Waals surface area contributed by atoms with E-state index in [9.17, 15) is 9.59 Å². The maximum atomic E-state index is 11.2. The van der Waals surface area contributed by atoms with Gasteiger partial charge in [0.15, 0.2) is 0 Å². The number of carboxylic acid groups (broad SMARTS) is 1. The van der Waals surface area contributed by atoms with E-state index in [0.29, 0.717) is 13.0 Å². The molecule has 5 nitrogen and oxygen atoms in total. The fourth-order valence-electron chi connectivity index (χ4n) is 1.67. The van der Waals surface area contributed by atoms with E-state index >= 15 is 0 Å². The monoisotopic (exact) mass is 186 g/mol. The van der Waals surface area contributed by atoms with Crippen molar-refractivity contribution >= 4 is 11.9 Å². The normalized spacial score (nSPS) is 27.7. The van der Waals surface area contributed by atoms with Gasteiger partial charge in [-0.1, -0.05) is 6.92 Å². The van der Waals surface area contributed by atoms with Gasteiger partial charge in [-0.05, 0) is 12.3 Å². The molecule has 0 spiro atoms. The Labute approximate surface area is 76.5 Å². The molecule has 74 valence electrons. The number of amides is 1. The van der Waals surface area contributed by atoms with Crippen molar-refractivity contribution in [2.75, 3.05) is 13.1 Å². The Balaban J connectivity index is 2.71. The zero-order chi connectivity index (χ0) is 10.0. The van der Waals surface area contributed by atoms with Gasteiger partial charge in [0, 0.05) is 6.54 Å². The van der Waals surface area contributed by atoms with Gasteiger partial charge in [0.25, 0.3) is 0 Å². The molecule has 1 amide bonds. The van der Waals surface area contributed by atoms with Crippen LogP contribution in [-0.4, -0.2) is 41.0 Å². The highest BCUT2D eigenvalue weighted by Crippen LogP contribution is 2.22. The van der Waals surface area contributed by atoms with Crippen molar-refractivity contribution < 1.29 is 14.7 Å². The first-order valence-electron chi connectivity index (χ1n) is 4.28. The molecular weight excluding hydrogens is 172 g/mol. The van der Waals surface area contributed by atoms with E-state index in [4.69, 9.17) is 10.8 Å². The molecule has 13 heavy (non-hydrogen) atoms. The molecule has 1 fully saturated rings. The van der Waals surface area contributed by atoms with E-state index in [1.165, 1.54) is 4.90 Å². The summed E-state index contributed by atoms with van der Waals surface area (Å²) in [6.45, 7) is 2.32. The molecule has 0 saturated carbocycles. The summed E-state index contributed by atoms with van der Waals surface area (Å²) in [6.07, 6.45) is 0.529. The van der Waals surface area contributed by atoms with E-state index in [2.05, 4.69) is 0 Å². The van der Waals surface area contributed by atoms with Crippen LogP contribution in [0.2, 0.25) is 0 Å². The lowest BCUT2D eigenvalue weighted by Gasteiger charge is -2.20. The fourth-order valence-corrected chi connectivity index (χ4v) is 1.67. The number of rotatable bonds is 2. The van der Waals surface area contributed by atoms with Gasteiger partial charge in [-0.3, -0.25) is 4.79 Å². The van der Waals surface area contributed by atoms with E-state index in [1.807, 2.05) is 6.92 Å². The van der Waals surface area contributed by atoms with E-state index in [-0.39, 0.29) is 18.4 Å². The molecule has 0 aromatic heterocycles. The average Bonchev–Trinajstić information content (AvgIpc) is 2.46. The van der Waals surface area contributed by atoms with Crippen LogP contribution >= 0.6 is 0 Å². The van der Waals surface area contributed by atoms with Gasteiger partial charge in [0.2, 0.25) is 5.91 Å². The maximum absolute atomic E-state index is 11.2. The molecule has 1 unspecified atom stereocenters. The quantitative estimate of drug-likeness (QED) is 0.595. The molecule has 3 N–H and O–H groups in total. The number of carbonyl (C=O) groups is 2. The van der Waals surface area contributed by atoms with Crippen molar-refractivity contribution in [2.24, 2.45) is 11.7 Å². The lowest BCUT2D eigenvalue weighted by atomic mass is 10.1. The fraction of sp³-hybridized carbons (Fsp3) is 0.750. The second-order valence-electron chi connectivity index (χ2n) is 3.45. The van der Waals surface area contributed by atoms with Crippen LogP contribution in [-0.2, 0) is 9.59 Å². The average molecular weight is 186 g/mol. The minimum Gasteiger partial charge on any atom is -0.480 e. The smallest absolute Gasteiger partial charge is 0.326 e. The number of nitrogens with zero attached hydrogens (tertiary/aromatic N) is 1. The zero-order valence-electron chi connectivity index (χ0n) is 7.56. The lowest BCUT2D eigenvalue weighted by molar-refractivity contribution is -0.147. The Kier molecular flexibility index (Phi) is 2.87. The van der Waals surface area contributed by atoms with Gasteiger partial charge in [0.1, 0.15) is 6.04 Å². The summed E-state index contributed by atoms with van der Waals surface area (Å²) >= 11 is 0. The number of carboxylic acids is 1. The molecule has 2 atom stereocenters. The Bertz CT molecular complexity index is 229. The van der Waals surface area contributed by atoms with Crippen LogP contribution < -0.4 is 5.73 Å². The SMILES string of the molecule is C[C@@H]1CC(C(=O)O)N(C(=O)CN)C1. The second-order valence-corrected chi connectivity index (χ2v) is 3.45. The summed E-state index contributed by atoms with van der Waals surface area (Å²) in [7, 11) is 0. The molecule has 5 heteroatoms. The largest absolute Gasteiger partial charge is 0.480 e. The molecule has 1 rings (SSSR count). The highest BCUT2D eigenvalue weighted by molar-refractivity contribution is 5.85. The van der Waals surface area contributed by atoms with Crippen LogP contribution in [0.15, 0.2) is 0 Å². The van der Waals surface area contributed by atoms with Crippen molar-refractivity contribution in [3.63, 3.8) is 0 Å². The molecule has 0 aromatic carbocycles. The van der Waals surface area contributed by atoms with Crippen molar-refractivity contribution in [1.29, 1.82) is 0 Å². The van der Waals surface area contributed by atoms with Crippen LogP contribution in [0.1, 0.15) is 13.3 Å². The summed E-state index contributed by atoms with van der Waals surface area (Å²) in [5, 5.41) is 8.81. The highest BCUT2D eigenvalue weighted by atomic mass is 16.4. The predicted molar refractivity (Wildman–Crippen MR) is 46.0 cm³/mol. The number of nitrogens with two attached hydrogens (primary N) is 1. The third-order valence-electron chi connectivity index (χ3n) is 2.29. The van der Waals surface area contributed by atoms with E-state index in [1.54, 1.807) is 0 Å². The predicted octanol–water partition coefficient (Wildman–Crippen LogP) is -0.733. The summed E-state index contributed by atoms with van der Waals surface area (Å²) in [5.41, 5.74) is 5.18. The molecule has 1 aliphatic heterocycles. The van der Waals surface area contributed by atoms with Crippen LogP contribution in [0.3, 0.4) is 0 Å². The molecule has 0 radical (unpaired) electrons. The van der Waals surface area contributed by atoms with Gasteiger partial charge < -0.3 is 15.7 Å². The van der Waals surface area contributed by atoms with Crippen LogP contribution in [0.5, 0.6) is 0 Å². The third kappa shape index (κ3) is 1.98. The standard InChI is InChI=1S/C8H14N2O3/c1-5-2-6(8(12)13)10(4-5)7(11)3-9/h5-6H,2-4,9H2,1H3,(H,12,13)/t5-,6?/m1/s1. The van der Waals surface area contributed by atoms with Crippen molar-refractivity contribution in [3.05, 3.63) is 0 Å². The molecular formula is C8H14N2O3. The summed E-state index contributed by atoms with van der Waals surface area (Å²) < 4.78 is 0. The first-order valence-corrected chi connectivity index (χ1v) is 4.28. The molecule has 0 aliphatic carbocycles. The second kappa shape index (κ2) is 3.74. The van der Waals surface area contributed by atoms with Gasteiger partial charge in [-0.2, -0.15) is 0 Å². The number of hydrogen-bond donors (Lipinski definition) is 2. The van der Waals surface area contributed by atoms with Gasteiger partial charge >= 0.3 is 5.97 Å². The summed E-state index contributed by atoms with van der Waals surface area (Å²) in [5.74, 6) is -0.973. The summed E-state index contributed by atoms with van der Waals surface area (Å²) in [4.78, 5) is 23.3. The Morgan fingerprint density at radius 1 is 1.62 bits per heavy atom. The van der Waals surface area contributed by atoms with Crippen LogP contribution in [0.25, 0.3) is 0 Å². The molecule has 0 aromatic rings. The number of aliphatic carboxylic acids is 1. The van der Waals surface area contributed by atoms with Crippen molar-refractivity contribution in [1.82, 2.24) is 4.90 Å². The van der Waals surface area contributed by atoms with Gasteiger partial charge in [0.05, 0.1) is 6.54 Å². The van der Waals surface area contributed by atoms with Crippen molar-refractivity contribution in [2.45, 2.75) is 19.4 Å². The van der Waals surface area contributed by atoms with E-state index < -0.39 is 12.0 Å². The van der Waals surface area contributed by atoms with Gasteiger partial charge in [-0.15, -0.1) is 0 Å². The number of hydrogen-bond acceptors (Lipinski definition) is 3. The first-order chi connectivity index (χ1) is 6.06. The van der Waals surface area contributed by atoms with Crippen LogP contribution in [0.4, 0.5) is 0 Å². The maximum Gasteiger partial charge on any atom is 0.326 e. The number of likely N-dealkylation sites (tertiary alicyclic amines) is 1. The molecule has 1 heterocycles. The Morgan fingerprint density at radius 3 is 2.69 bits per heavy atom. The Hall–Kier alpha value is -1.10. The molecule has 1 aliphatic rings. The Morgan fingerprint density at radius 2 is 2.23 bits per heavy atom. The number of carbonyl (C=O) groups excluding carboxylic acids is 1. The minimum absolute atomic E-state index is 0.115. The zero-order valence-corrected chi connectivity index (χ0v) is 7.56. The topological polar surface area (TPSA) is 83.6 Å². The first kappa shape index (κ1) is 9.98. The molecule has 1 saturated heterocycles. The highest BCUT2D eigenvalue weighted by Gasteiger charge is 2.36. The van der Waals surface area contributed by atoms with Crippen LogP contribution in [0, 0.1) is 5.92 Å². The lowest BCUT2D eigenvalue weighted by Crippen LogP contribution is -2.43. The van der Waals surface area contributed by atoms with E-state index in [0.717, 1.165) is 0 Å². The third-order valence-corrected chi connectivity index (χ3v) is 2.29. The molecule has 0 bridgehead atoms. The van der Waals surface area contributed by atoms with Crippen molar-refractivity contribution in [3.8, 4) is 0 Å².